The lowest BCUT2D eigenvalue weighted by molar-refractivity contribution is 0.119. The average molecular weight is 373 g/mol. The number of hydrogen-bond acceptors (Lipinski definition) is 4. The van der Waals surface area contributed by atoms with E-state index in [1.807, 2.05) is 12.1 Å². The van der Waals surface area contributed by atoms with Crippen LogP contribution in [0.25, 0.3) is 0 Å². The summed E-state index contributed by atoms with van der Waals surface area (Å²) in [5.74, 6) is 1.78. The smallest absolute Gasteiger partial charge is 0.191 e. The fraction of sp³-hybridized carbons (Fsp3) is 0.500. The summed E-state index contributed by atoms with van der Waals surface area (Å²) < 4.78 is 6.09. The monoisotopic (exact) mass is 372 g/mol. The number of para-hydroxylation sites is 1. The Hall–Kier alpha value is -2.08. The van der Waals surface area contributed by atoms with Crippen molar-refractivity contribution in [2.75, 3.05) is 13.6 Å². The van der Waals surface area contributed by atoms with Crippen LogP contribution in [-0.4, -0.2) is 30.6 Å². The summed E-state index contributed by atoms with van der Waals surface area (Å²) in [4.78, 5) is 10.2. The number of nitrogens with zero attached hydrogens (tertiary/aromatic N) is 2. The van der Waals surface area contributed by atoms with E-state index in [-0.39, 0.29) is 0 Å². The number of nitrogens with one attached hydrogen (secondary N) is 2. The molecule has 0 amide bonds. The first-order valence-corrected chi connectivity index (χ1v) is 10.1. The Morgan fingerprint density at radius 3 is 2.73 bits per heavy atom. The van der Waals surface area contributed by atoms with Crippen molar-refractivity contribution in [2.24, 2.45) is 4.99 Å². The third-order valence-corrected chi connectivity index (χ3v) is 5.83. The third-order valence-electron chi connectivity index (χ3n) is 4.69. The number of thiazole rings is 1. The van der Waals surface area contributed by atoms with Crippen molar-refractivity contribution >= 4 is 17.3 Å². The van der Waals surface area contributed by atoms with Gasteiger partial charge < -0.3 is 15.4 Å². The van der Waals surface area contributed by atoms with E-state index in [2.05, 4.69) is 46.6 Å². The van der Waals surface area contributed by atoms with Crippen LogP contribution in [0.5, 0.6) is 5.75 Å². The zero-order valence-corrected chi connectivity index (χ0v) is 16.7. The van der Waals surface area contributed by atoms with Crippen LogP contribution in [0.15, 0.2) is 29.3 Å². The summed E-state index contributed by atoms with van der Waals surface area (Å²) in [7, 11) is 1.80. The van der Waals surface area contributed by atoms with Crippen LogP contribution >= 0.6 is 11.3 Å². The summed E-state index contributed by atoms with van der Waals surface area (Å²) in [6.07, 6.45) is 4.90. The molecule has 1 heterocycles. The summed E-state index contributed by atoms with van der Waals surface area (Å²) in [6.45, 7) is 5.68. The van der Waals surface area contributed by atoms with Crippen LogP contribution in [0.3, 0.4) is 0 Å². The summed E-state index contributed by atoms with van der Waals surface area (Å²) in [5.41, 5.74) is 2.30. The summed E-state index contributed by atoms with van der Waals surface area (Å²) in [5, 5.41) is 7.91. The highest BCUT2D eigenvalue weighted by atomic mass is 32.1. The predicted molar refractivity (Wildman–Crippen MR) is 108 cm³/mol. The van der Waals surface area contributed by atoms with Gasteiger partial charge in [-0.1, -0.05) is 18.2 Å². The van der Waals surface area contributed by atoms with Crippen molar-refractivity contribution in [1.82, 2.24) is 15.6 Å². The lowest BCUT2D eigenvalue weighted by atomic mass is 9.96. The maximum Gasteiger partial charge on any atom is 0.191 e. The van der Waals surface area contributed by atoms with E-state index in [9.17, 15) is 0 Å². The Balaban J connectivity index is 1.48. The van der Waals surface area contributed by atoms with Gasteiger partial charge in [-0.15, -0.1) is 11.3 Å². The van der Waals surface area contributed by atoms with Crippen LogP contribution in [0.2, 0.25) is 0 Å². The van der Waals surface area contributed by atoms with Crippen LogP contribution in [-0.2, 0) is 13.0 Å². The molecule has 1 fully saturated rings. The molecule has 0 aliphatic heterocycles. The number of aliphatic imine (C=N–C) groups is 1. The van der Waals surface area contributed by atoms with Crippen molar-refractivity contribution in [2.45, 2.75) is 52.2 Å². The van der Waals surface area contributed by atoms with Gasteiger partial charge in [-0.2, -0.15) is 0 Å². The first kappa shape index (κ1) is 18.7. The highest BCUT2D eigenvalue weighted by molar-refractivity contribution is 7.11. The molecule has 6 heteroatoms. The van der Waals surface area contributed by atoms with Gasteiger partial charge in [-0.25, -0.2) is 4.98 Å². The standard InChI is InChI=1S/C20H28N4OS/c1-14-15(2)26-19(24-14)11-12-22-20(21-3)23-13-16-7-4-5-10-18(16)25-17-8-6-9-17/h4-5,7,10,17H,6,8-9,11-13H2,1-3H3,(H2,21,22,23). The molecule has 0 spiro atoms. The highest BCUT2D eigenvalue weighted by Gasteiger charge is 2.20. The van der Waals surface area contributed by atoms with Gasteiger partial charge in [0.05, 0.1) is 16.8 Å². The molecule has 2 N–H and O–H groups in total. The van der Waals surface area contributed by atoms with Gasteiger partial charge >= 0.3 is 0 Å². The number of benzene rings is 1. The van der Waals surface area contributed by atoms with Crippen LogP contribution in [0, 0.1) is 13.8 Å². The maximum absolute atomic E-state index is 6.09. The molecule has 2 aromatic rings. The van der Waals surface area contributed by atoms with Crippen molar-refractivity contribution < 1.29 is 4.74 Å². The second-order valence-corrected chi connectivity index (χ2v) is 7.92. The number of aromatic nitrogens is 1. The molecular formula is C20H28N4OS. The van der Waals surface area contributed by atoms with Crippen molar-refractivity contribution in [3.05, 3.63) is 45.4 Å². The normalized spacial score (nSPS) is 14.8. The Kier molecular flexibility index (Phi) is 6.50. The molecule has 1 aromatic carbocycles. The third kappa shape index (κ3) is 4.97. The van der Waals surface area contributed by atoms with Crippen LogP contribution in [0.4, 0.5) is 0 Å². The zero-order chi connectivity index (χ0) is 18.4. The van der Waals surface area contributed by atoms with Gasteiger partial charge in [0.1, 0.15) is 5.75 Å². The first-order chi connectivity index (χ1) is 12.7. The largest absolute Gasteiger partial charge is 0.490 e. The van der Waals surface area contributed by atoms with Gasteiger partial charge in [0.15, 0.2) is 5.96 Å². The van der Waals surface area contributed by atoms with Crippen molar-refractivity contribution in [3.63, 3.8) is 0 Å². The van der Waals surface area contributed by atoms with Crippen LogP contribution in [0.1, 0.15) is 40.4 Å². The summed E-state index contributed by atoms with van der Waals surface area (Å²) in [6, 6.07) is 8.24. The number of aryl methyl sites for hydroxylation is 2. The zero-order valence-electron chi connectivity index (χ0n) is 15.8. The Morgan fingerprint density at radius 2 is 2.08 bits per heavy atom. The van der Waals surface area contributed by atoms with Crippen molar-refractivity contribution in [3.8, 4) is 5.75 Å². The molecule has 3 rings (SSSR count). The summed E-state index contributed by atoms with van der Waals surface area (Å²) >= 11 is 1.77. The minimum Gasteiger partial charge on any atom is -0.490 e. The van der Waals surface area contributed by atoms with E-state index >= 15 is 0 Å². The van der Waals surface area contributed by atoms with E-state index in [0.29, 0.717) is 12.6 Å². The SMILES string of the molecule is CN=C(NCCc1nc(C)c(C)s1)NCc1ccccc1OC1CCC1. The van der Waals surface area contributed by atoms with E-state index < -0.39 is 0 Å². The van der Waals surface area contributed by atoms with Gasteiger partial charge in [-0.3, -0.25) is 4.99 Å². The Morgan fingerprint density at radius 1 is 1.27 bits per heavy atom. The number of guanidine groups is 1. The molecule has 1 saturated carbocycles. The van der Waals surface area contributed by atoms with E-state index in [1.165, 1.54) is 29.1 Å². The van der Waals surface area contributed by atoms with Gasteiger partial charge in [0, 0.05) is 37.0 Å². The maximum atomic E-state index is 6.09. The topological polar surface area (TPSA) is 58.5 Å². The molecular weight excluding hydrogens is 344 g/mol. The second kappa shape index (κ2) is 9.03. The average Bonchev–Trinajstić information content (AvgIpc) is 2.93. The molecule has 1 aromatic heterocycles. The second-order valence-electron chi connectivity index (χ2n) is 6.63. The number of hydrogen-bond donors (Lipinski definition) is 2. The van der Waals surface area contributed by atoms with Crippen LogP contribution < -0.4 is 15.4 Å². The molecule has 140 valence electrons. The van der Waals surface area contributed by atoms with Gasteiger partial charge in [0.25, 0.3) is 0 Å². The highest BCUT2D eigenvalue weighted by Crippen LogP contribution is 2.27. The van der Waals surface area contributed by atoms with Crippen molar-refractivity contribution in [1.29, 1.82) is 0 Å². The molecule has 26 heavy (non-hydrogen) atoms. The molecule has 0 radical (unpaired) electrons. The molecule has 0 saturated heterocycles. The first-order valence-electron chi connectivity index (χ1n) is 9.27. The lowest BCUT2D eigenvalue weighted by Gasteiger charge is -2.27. The molecule has 0 unspecified atom stereocenters. The quantitative estimate of drug-likeness (QED) is 0.576. The predicted octanol–water partition coefficient (Wildman–Crippen LogP) is 3.60. The number of ether oxygens (including phenoxy) is 1. The molecule has 5 nitrogen and oxygen atoms in total. The molecule has 0 atom stereocenters. The van der Waals surface area contributed by atoms with E-state index in [1.54, 1.807) is 18.4 Å². The molecule has 0 bridgehead atoms. The number of rotatable bonds is 7. The van der Waals surface area contributed by atoms with Gasteiger partial charge in [0.2, 0.25) is 0 Å². The fourth-order valence-electron chi connectivity index (χ4n) is 2.77. The molecule has 1 aliphatic carbocycles. The Labute approximate surface area is 159 Å². The fourth-order valence-corrected chi connectivity index (χ4v) is 3.70. The van der Waals surface area contributed by atoms with E-state index in [4.69, 9.17) is 4.74 Å². The Bertz CT molecular complexity index is 733. The van der Waals surface area contributed by atoms with E-state index in [0.717, 1.165) is 35.9 Å². The lowest BCUT2D eigenvalue weighted by Crippen LogP contribution is -2.38. The minimum absolute atomic E-state index is 0.388. The van der Waals surface area contributed by atoms with Gasteiger partial charge in [-0.05, 0) is 39.2 Å². The molecule has 1 aliphatic rings. The minimum atomic E-state index is 0.388.